The van der Waals surface area contributed by atoms with E-state index in [9.17, 15) is 9.59 Å². The van der Waals surface area contributed by atoms with Gasteiger partial charge in [-0.3, -0.25) is 9.59 Å². The van der Waals surface area contributed by atoms with Gasteiger partial charge >= 0.3 is 0 Å². The molecule has 2 amide bonds. The Balaban J connectivity index is 1.86. The van der Waals surface area contributed by atoms with E-state index in [1.165, 1.54) is 23.3 Å². The molecule has 2 aromatic carbocycles. The molecule has 0 fully saturated rings. The summed E-state index contributed by atoms with van der Waals surface area (Å²) < 4.78 is 5.44. The largest absolute Gasteiger partial charge is 0.495 e. The number of hydrogen-bond donors (Lipinski definition) is 1. The van der Waals surface area contributed by atoms with Gasteiger partial charge in [-0.25, -0.2) is 4.90 Å². The lowest BCUT2D eigenvalue weighted by atomic mass is 10.1. The SMILES string of the molecule is COc1ccc(C)cc1N1C(=O)C(Nc2cccc(C)c2C)=C(c2cccs2)C1=O. The second-order valence-corrected chi connectivity index (χ2v) is 8.17. The topological polar surface area (TPSA) is 58.6 Å². The molecule has 1 aromatic heterocycles. The van der Waals surface area contributed by atoms with Crippen molar-refractivity contribution in [3.8, 4) is 5.75 Å². The van der Waals surface area contributed by atoms with Gasteiger partial charge < -0.3 is 10.1 Å². The van der Waals surface area contributed by atoms with Crippen molar-refractivity contribution < 1.29 is 14.3 Å². The third kappa shape index (κ3) is 3.29. The summed E-state index contributed by atoms with van der Waals surface area (Å²) in [4.78, 5) is 29.0. The molecule has 0 saturated heterocycles. The Morgan fingerprint density at radius 1 is 0.967 bits per heavy atom. The maximum absolute atomic E-state index is 13.5. The summed E-state index contributed by atoms with van der Waals surface area (Å²) in [6, 6.07) is 15.0. The quantitative estimate of drug-likeness (QED) is 0.587. The van der Waals surface area contributed by atoms with Crippen LogP contribution in [0.15, 0.2) is 59.6 Å². The van der Waals surface area contributed by atoms with Crippen molar-refractivity contribution in [2.75, 3.05) is 17.3 Å². The molecular weight excluding hydrogens is 396 g/mol. The van der Waals surface area contributed by atoms with E-state index in [1.807, 2.05) is 62.5 Å². The molecule has 0 unspecified atom stereocenters. The first-order valence-electron chi connectivity index (χ1n) is 9.57. The number of carbonyl (C=O) groups excluding carboxylic acids is 2. The Labute approximate surface area is 179 Å². The summed E-state index contributed by atoms with van der Waals surface area (Å²) in [6.45, 7) is 5.92. The first-order valence-corrected chi connectivity index (χ1v) is 10.4. The minimum Gasteiger partial charge on any atom is -0.495 e. The summed E-state index contributed by atoms with van der Waals surface area (Å²) in [5, 5.41) is 5.15. The number of amides is 2. The van der Waals surface area contributed by atoms with Gasteiger partial charge in [0.2, 0.25) is 0 Å². The summed E-state index contributed by atoms with van der Waals surface area (Å²) in [7, 11) is 1.53. The molecule has 1 N–H and O–H groups in total. The van der Waals surface area contributed by atoms with Crippen LogP contribution < -0.4 is 15.0 Å². The minimum atomic E-state index is -0.395. The lowest BCUT2D eigenvalue weighted by molar-refractivity contribution is -0.120. The summed E-state index contributed by atoms with van der Waals surface area (Å²) >= 11 is 1.43. The summed E-state index contributed by atoms with van der Waals surface area (Å²) in [5.74, 6) is -0.284. The van der Waals surface area contributed by atoms with Crippen LogP contribution in [0.4, 0.5) is 11.4 Å². The number of imide groups is 1. The molecule has 30 heavy (non-hydrogen) atoms. The number of rotatable bonds is 5. The third-order valence-electron chi connectivity index (χ3n) is 5.29. The van der Waals surface area contributed by atoms with Crippen molar-refractivity contribution in [1.29, 1.82) is 0 Å². The number of nitrogens with one attached hydrogen (secondary N) is 1. The second kappa shape index (κ2) is 7.80. The number of methoxy groups -OCH3 is 1. The number of aryl methyl sites for hydroxylation is 2. The molecule has 2 heterocycles. The fourth-order valence-electron chi connectivity index (χ4n) is 3.51. The van der Waals surface area contributed by atoms with Crippen LogP contribution in [0.2, 0.25) is 0 Å². The molecule has 3 aromatic rings. The first-order chi connectivity index (χ1) is 14.4. The fourth-order valence-corrected chi connectivity index (χ4v) is 4.28. The molecule has 0 bridgehead atoms. The standard InChI is InChI=1S/C24H22N2O3S/c1-14-10-11-19(29-4)18(13-14)26-23(27)21(20-9-6-12-30-20)22(24(26)28)25-17-8-5-7-15(2)16(17)3/h5-13,25H,1-4H3. The van der Waals surface area contributed by atoms with E-state index < -0.39 is 5.91 Å². The van der Waals surface area contributed by atoms with Crippen LogP contribution in [-0.2, 0) is 9.59 Å². The van der Waals surface area contributed by atoms with Gasteiger partial charge in [0.1, 0.15) is 11.4 Å². The van der Waals surface area contributed by atoms with Crippen molar-refractivity contribution >= 4 is 40.1 Å². The highest BCUT2D eigenvalue weighted by atomic mass is 32.1. The van der Waals surface area contributed by atoms with E-state index in [0.717, 1.165) is 27.3 Å². The number of carbonyl (C=O) groups is 2. The molecule has 1 aliphatic rings. The van der Waals surface area contributed by atoms with E-state index in [2.05, 4.69) is 5.32 Å². The number of benzene rings is 2. The zero-order valence-electron chi connectivity index (χ0n) is 17.3. The van der Waals surface area contributed by atoms with Crippen molar-refractivity contribution in [2.24, 2.45) is 0 Å². The normalized spacial score (nSPS) is 13.9. The molecule has 5 nitrogen and oxygen atoms in total. The van der Waals surface area contributed by atoms with Crippen LogP contribution >= 0.6 is 11.3 Å². The van der Waals surface area contributed by atoms with E-state index in [1.54, 1.807) is 12.1 Å². The van der Waals surface area contributed by atoms with Crippen molar-refractivity contribution in [3.05, 3.63) is 81.2 Å². The van der Waals surface area contributed by atoms with Gasteiger partial charge in [-0.05, 0) is 67.1 Å². The molecule has 0 atom stereocenters. The van der Waals surface area contributed by atoms with Gasteiger partial charge in [-0.1, -0.05) is 24.3 Å². The zero-order chi connectivity index (χ0) is 21.4. The van der Waals surface area contributed by atoms with Crippen LogP contribution in [0, 0.1) is 20.8 Å². The van der Waals surface area contributed by atoms with E-state index in [0.29, 0.717) is 17.0 Å². The van der Waals surface area contributed by atoms with E-state index in [4.69, 9.17) is 4.74 Å². The third-order valence-corrected chi connectivity index (χ3v) is 6.18. The Hall–Kier alpha value is -3.38. The molecule has 1 aliphatic heterocycles. The number of ether oxygens (including phenoxy) is 1. The Bertz CT molecular complexity index is 1180. The molecule has 0 spiro atoms. The molecule has 0 saturated carbocycles. The van der Waals surface area contributed by atoms with Crippen LogP contribution in [0.5, 0.6) is 5.75 Å². The average molecular weight is 419 g/mol. The highest BCUT2D eigenvalue weighted by Gasteiger charge is 2.42. The van der Waals surface area contributed by atoms with Crippen molar-refractivity contribution in [3.63, 3.8) is 0 Å². The molecule has 152 valence electrons. The highest BCUT2D eigenvalue weighted by Crippen LogP contribution is 2.39. The van der Waals surface area contributed by atoms with Crippen molar-refractivity contribution in [1.82, 2.24) is 0 Å². The molecular formula is C24H22N2O3S. The number of nitrogens with zero attached hydrogens (tertiary/aromatic N) is 1. The fraction of sp³-hybridized carbons (Fsp3) is 0.167. The maximum Gasteiger partial charge on any atom is 0.282 e. The Morgan fingerprint density at radius 3 is 2.47 bits per heavy atom. The van der Waals surface area contributed by atoms with Gasteiger partial charge in [0, 0.05) is 10.6 Å². The predicted molar refractivity (Wildman–Crippen MR) is 121 cm³/mol. The molecule has 4 rings (SSSR count). The lowest BCUT2D eigenvalue weighted by Gasteiger charge is -2.19. The molecule has 6 heteroatoms. The lowest BCUT2D eigenvalue weighted by Crippen LogP contribution is -2.32. The maximum atomic E-state index is 13.5. The molecule has 0 aliphatic carbocycles. The monoisotopic (exact) mass is 418 g/mol. The van der Waals surface area contributed by atoms with E-state index in [-0.39, 0.29) is 11.6 Å². The highest BCUT2D eigenvalue weighted by molar-refractivity contribution is 7.11. The average Bonchev–Trinajstić information content (AvgIpc) is 3.32. The Kier molecular flexibility index (Phi) is 5.18. The van der Waals surface area contributed by atoms with Crippen molar-refractivity contribution in [2.45, 2.75) is 20.8 Å². The van der Waals surface area contributed by atoms with Crippen LogP contribution in [-0.4, -0.2) is 18.9 Å². The summed E-state index contributed by atoms with van der Waals surface area (Å²) in [5.41, 5.74) is 4.96. The number of hydrogen-bond acceptors (Lipinski definition) is 5. The van der Waals surface area contributed by atoms with Gasteiger partial charge in [-0.15, -0.1) is 11.3 Å². The summed E-state index contributed by atoms with van der Waals surface area (Å²) in [6.07, 6.45) is 0. The van der Waals surface area contributed by atoms with Gasteiger partial charge in [0.05, 0.1) is 18.4 Å². The number of thiophene rings is 1. The predicted octanol–water partition coefficient (Wildman–Crippen LogP) is 5.08. The van der Waals surface area contributed by atoms with E-state index >= 15 is 0 Å². The minimum absolute atomic E-state index is 0.278. The van der Waals surface area contributed by atoms with Gasteiger partial charge in [-0.2, -0.15) is 0 Å². The second-order valence-electron chi connectivity index (χ2n) is 7.22. The molecule has 0 radical (unpaired) electrons. The van der Waals surface area contributed by atoms with Crippen LogP contribution in [0.1, 0.15) is 21.6 Å². The Morgan fingerprint density at radius 2 is 1.77 bits per heavy atom. The van der Waals surface area contributed by atoms with Gasteiger partial charge in [0.15, 0.2) is 0 Å². The smallest absolute Gasteiger partial charge is 0.282 e. The zero-order valence-corrected chi connectivity index (χ0v) is 18.1. The first kappa shape index (κ1) is 19.9. The number of anilines is 2. The van der Waals surface area contributed by atoms with Crippen LogP contribution in [0.25, 0.3) is 5.57 Å². The van der Waals surface area contributed by atoms with Crippen LogP contribution in [0.3, 0.4) is 0 Å². The van der Waals surface area contributed by atoms with Gasteiger partial charge in [0.25, 0.3) is 11.8 Å².